The quantitative estimate of drug-likeness (QED) is 0.604. The van der Waals surface area contributed by atoms with Gasteiger partial charge >= 0.3 is 0 Å². The maximum atomic E-state index is 12.7. The minimum absolute atomic E-state index is 0.00377. The molecule has 0 bridgehead atoms. The number of aromatic amines is 1. The lowest BCUT2D eigenvalue weighted by atomic mass is 10.0. The number of fused-ring (bicyclic) bond motifs is 1. The van der Waals surface area contributed by atoms with Gasteiger partial charge < -0.3 is 29.2 Å². The summed E-state index contributed by atoms with van der Waals surface area (Å²) in [5.74, 6) is 2.56. The Hall–Kier alpha value is -3.26. The molecule has 164 valence electrons. The molecule has 0 saturated carbocycles. The van der Waals surface area contributed by atoms with Crippen LogP contribution in [0.1, 0.15) is 18.7 Å². The molecule has 0 unspecified atom stereocenters. The van der Waals surface area contributed by atoms with Crippen molar-refractivity contribution in [2.45, 2.75) is 31.5 Å². The van der Waals surface area contributed by atoms with E-state index in [1.807, 2.05) is 24.3 Å². The first-order valence-corrected chi connectivity index (χ1v) is 10.4. The Morgan fingerprint density at radius 2 is 2.00 bits per heavy atom. The number of aryl methyl sites for hydroxylation is 1. The van der Waals surface area contributed by atoms with Crippen molar-refractivity contribution in [1.82, 2.24) is 14.9 Å². The van der Waals surface area contributed by atoms with E-state index in [0.29, 0.717) is 43.1 Å². The zero-order valence-electron chi connectivity index (χ0n) is 17.7. The number of imidazole rings is 1. The molecule has 1 saturated heterocycles. The number of aliphatic hydroxyl groups is 1. The molecule has 0 aliphatic carbocycles. The molecule has 1 aliphatic heterocycles. The molecule has 2 heterocycles. The number of likely N-dealkylation sites (tertiary alicyclic amines) is 1. The van der Waals surface area contributed by atoms with Gasteiger partial charge in [-0.3, -0.25) is 4.79 Å². The van der Waals surface area contributed by atoms with E-state index in [0.717, 1.165) is 16.9 Å². The first-order valence-electron chi connectivity index (χ1n) is 10.4. The summed E-state index contributed by atoms with van der Waals surface area (Å²) in [6.07, 6.45) is 0.264. The van der Waals surface area contributed by atoms with Gasteiger partial charge in [0.1, 0.15) is 23.8 Å². The van der Waals surface area contributed by atoms with E-state index < -0.39 is 12.2 Å². The number of piperidine rings is 1. The van der Waals surface area contributed by atoms with Crippen molar-refractivity contribution in [2.24, 2.45) is 0 Å². The highest BCUT2D eigenvalue weighted by atomic mass is 16.5. The highest BCUT2D eigenvalue weighted by Crippen LogP contribution is 2.32. The summed E-state index contributed by atoms with van der Waals surface area (Å²) in [5, 5.41) is 10.6. The molecule has 0 spiro atoms. The van der Waals surface area contributed by atoms with Crippen LogP contribution < -0.4 is 14.2 Å². The smallest absolute Gasteiger partial charge is 0.223 e. The van der Waals surface area contributed by atoms with E-state index >= 15 is 0 Å². The lowest BCUT2D eigenvalue weighted by Crippen LogP contribution is -2.51. The molecule has 1 fully saturated rings. The van der Waals surface area contributed by atoms with Crippen LogP contribution in [0.5, 0.6) is 17.2 Å². The average molecular weight is 425 g/mol. The van der Waals surface area contributed by atoms with Crippen LogP contribution in [0.2, 0.25) is 0 Å². The van der Waals surface area contributed by atoms with Crippen molar-refractivity contribution in [1.29, 1.82) is 0 Å². The number of nitrogens with zero attached hydrogens (tertiary/aromatic N) is 2. The second kappa shape index (κ2) is 9.26. The van der Waals surface area contributed by atoms with E-state index in [1.54, 1.807) is 37.3 Å². The molecule has 31 heavy (non-hydrogen) atoms. The van der Waals surface area contributed by atoms with Gasteiger partial charge in [-0.2, -0.15) is 0 Å². The van der Waals surface area contributed by atoms with Crippen LogP contribution in [0.25, 0.3) is 11.0 Å². The van der Waals surface area contributed by atoms with Crippen molar-refractivity contribution >= 4 is 16.9 Å². The van der Waals surface area contributed by atoms with Crippen LogP contribution in [-0.4, -0.2) is 65.4 Å². The van der Waals surface area contributed by atoms with Gasteiger partial charge in [0.25, 0.3) is 0 Å². The van der Waals surface area contributed by atoms with Crippen LogP contribution in [0.4, 0.5) is 0 Å². The second-order valence-electron chi connectivity index (χ2n) is 7.57. The number of benzene rings is 2. The summed E-state index contributed by atoms with van der Waals surface area (Å²) in [7, 11) is 3.13. The van der Waals surface area contributed by atoms with Gasteiger partial charge in [-0.1, -0.05) is 12.1 Å². The number of methoxy groups -OCH3 is 2. The van der Waals surface area contributed by atoms with E-state index in [1.165, 1.54) is 0 Å². The Morgan fingerprint density at radius 3 is 2.74 bits per heavy atom. The van der Waals surface area contributed by atoms with Gasteiger partial charge in [-0.05, 0) is 24.3 Å². The third-order valence-electron chi connectivity index (χ3n) is 5.53. The number of rotatable bonds is 7. The molecule has 2 atom stereocenters. The molecule has 2 aromatic carbocycles. The van der Waals surface area contributed by atoms with Gasteiger partial charge in [0.05, 0.1) is 31.8 Å². The van der Waals surface area contributed by atoms with Crippen molar-refractivity contribution in [3.8, 4) is 17.2 Å². The summed E-state index contributed by atoms with van der Waals surface area (Å²) >= 11 is 0. The first-order chi connectivity index (χ1) is 15.1. The number of aromatic nitrogens is 2. The van der Waals surface area contributed by atoms with Crippen LogP contribution in [0, 0.1) is 0 Å². The fraction of sp³-hybridized carbons (Fsp3) is 0.391. The maximum Gasteiger partial charge on any atom is 0.223 e. The number of nitrogens with one attached hydrogen (secondary N) is 1. The zero-order valence-corrected chi connectivity index (χ0v) is 17.7. The molecule has 4 rings (SSSR count). The fourth-order valence-corrected chi connectivity index (χ4v) is 3.85. The number of β-amino-alcohol motifs (C(OH)–C–C–N with tert-alkyl or cyclic N) is 1. The van der Waals surface area contributed by atoms with E-state index in [4.69, 9.17) is 14.2 Å². The van der Waals surface area contributed by atoms with Gasteiger partial charge in [-0.15, -0.1) is 0 Å². The lowest BCUT2D eigenvalue weighted by Gasteiger charge is -2.36. The molecule has 0 radical (unpaired) electrons. The molecule has 8 heteroatoms. The zero-order chi connectivity index (χ0) is 21.8. The predicted molar refractivity (Wildman–Crippen MR) is 116 cm³/mol. The Balaban J connectivity index is 1.30. The lowest BCUT2D eigenvalue weighted by molar-refractivity contribution is -0.137. The normalized spacial score (nSPS) is 18.7. The van der Waals surface area contributed by atoms with E-state index in [2.05, 4.69) is 9.97 Å². The average Bonchev–Trinajstić information content (AvgIpc) is 3.21. The Kier molecular flexibility index (Phi) is 6.27. The molecule has 1 aromatic heterocycles. The predicted octanol–water partition coefficient (Wildman–Crippen LogP) is 2.55. The summed E-state index contributed by atoms with van der Waals surface area (Å²) in [5.41, 5.74) is 1.86. The van der Waals surface area contributed by atoms with Gasteiger partial charge in [-0.25, -0.2) is 4.98 Å². The largest absolute Gasteiger partial charge is 0.493 e. The maximum absolute atomic E-state index is 12.7. The number of amides is 1. The fourth-order valence-electron chi connectivity index (χ4n) is 3.85. The topological polar surface area (TPSA) is 96.9 Å². The minimum atomic E-state index is -0.767. The van der Waals surface area contributed by atoms with Crippen LogP contribution in [0.3, 0.4) is 0 Å². The van der Waals surface area contributed by atoms with Gasteiger partial charge in [0.15, 0.2) is 11.5 Å². The molecular formula is C23H27N3O5. The standard InChI is InChI=1S/C23H27N3O5/c1-29-20-8-7-15(13-21(20)30-2)31-19-11-12-26(14-18(19)27)23(28)10-9-22-24-16-5-3-4-6-17(16)25-22/h3-8,13,18-19,27H,9-12,14H2,1-2H3,(H,24,25)/t18-,19-/m1/s1. The molecule has 3 aromatic rings. The highest BCUT2D eigenvalue weighted by molar-refractivity contribution is 5.77. The van der Waals surface area contributed by atoms with E-state index in [-0.39, 0.29) is 12.5 Å². The monoisotopic (exact) mass is 425 g/mol. The molecule has 1 amide bonds. The second-order valence-corrected chi connectivity index (χ2v) is 7.57. The van der Waals surface area contributed by atoms with E-state index in [9.17, 15) is 9.90 Å². The highest BCUT2D eigenvalue weighted by Gasteiger charge is 2.31. The number of carbonyl (C=O) groups is 1. The van der Waals surface area contributed by atoms with Crippen LogP contribution in [-0.2, 0) is 11.2 Å². The summed E-state index contributed by atoms with van der Waals surface area (Å²) in [6, 6.07) is 13.1. The van der Waals surface area contributed by atoms with Crippen molar-refractivity contribution in [2.75, 3.05) is 27.3 Å². The molecular weight excluding hydrogens is 398 g/mol. The summed E-state index contributed by atoms with van der Waals surface area (Å²) in [4.78, 5) is 22.1. The number of para-hydroxylation sites is 2. The number of hydrogen-bond acceptors (Lipinski definition) is 6. The van der Waals surface area contributed by atoms with Crippen LogP contribution >= 0.6 is 0 Å². The number of ether oxygens (including phenoxy) is 3. The first kappa shape index (κ1) is 21.0. The third-order valence-corrected chi connectivity index (χ3v) is 5.53. The summed E-state index contributed by atoms with van der Waals surface area (Å²) in [6.45, 7) is 0.783. The third kappa shape index (κ3) is 4.74. The van der Waals surface area contributed by atoms with Gasteiger partial charge in [0, 0.05) is 31.9 Å². The van der Waals surface area contributed by atoms with Crippen molar-refractivity contribution in [3.05, 3.63) is 48.3 Å². The van der Waals surface area contributed by atoms with Crippen molar-refractivity contribution < 1.29 is 24.1 Å². The van der Waals surface area contributed by atoms with Crippen molar-refractivity contribution in [3.63, 3.8) is 0 Å². The minimum Gasteiger partial charge on any atom is -0.493 e. The van der Waals surface area contributed by atoms with Gasteiger partial charge in [0.2, 0.25) is 5.91 Å². The SMILES string of the molecule is COc1ccc(O[C@@H]2CCN(C(=O)CCc3nc4ccccc4[nH]3)C[C@H]2O)cc1OC. The number of carbonyl (C=O) groups excluding carboxylic acids is 1. The Morgan fingerprint density at radius 1 is 1.19 bits per heavy atom. The summed E-state index contributed by atoms with van der Waals surface area (Å²) < 4.78 is 16.5. The molecule has 1 aliphatic rings. The van der Waals surface area contributed by atoms with Crippen LogP contribution in [0.15, 0.2) is 42.5 Å². The Labute approximate surface area is 180 Å². The molecule has 2 N–H and O–H groups in total. The number of H-pyrrole nitrogens is 1. The number of hydrogen-bond donors (Lipinski definition) is 2. The number of aliphatic hydroxyl groups excluding tert-OH is 1. The molecule has 8 nitrogen and oxygen atoms in total. The Bertz CT molecular complexity index is 1020.